The Bertz CT molecular complexity index is 1230. The number of Topliss-reactive ketones (excluding diaryl/α,β-unsaturated/α-hetero) is 1. The lowest BCUT2D eigenvalue weighted by Crippen LogP contribution is -2.36. The van der Waals surface area contributed by atoms with Crippen LogP contribution in [-0.4, -0.2) is 56.0 Å². The van der Waals surface area contributed by atoms with Crippen molar-refractivity contribution < 1.29 is 4.79 Å². The van der Waals surface area contributed by atoms with E-state index in [0.717, 1.165) is 35.6 Å². The Kier molecular flexibility index (Phi) is 6.07. The van der Waals surface area contributed by atoms with Crippen LogP contribution in [0.1, 0.15) is 50.1 Å². The molecule has 174 valence electrons. The highest BCUT2D eigenvalue weighted by Crippen LogP contribution is 2.45. The summed E-state index contributed by atoms with van der Waals surface area (Å²) in [5, 5.41) is 3.78. The van der Waals surface area contributed by atoms with Crippen LogP contribution in [0.4, 0.5) is 5.69 Å². The van der Waals surface area contributed by atoms with E-state index in [1.165, 1.54) is 22.3 Å². The summed E-state index contributed by atoms with van der Waals surface area (Å²) in [5.41, 5.74) is 8.78. The van der Waals surface area contributed by atoms with E-state index in [1.54, 1.807) is 0 Å². The Morgan fingerprint density at radius 1 is 0.824 bits per heavy atom. The molecule has 0 aliphatic carbocycles. The zero-order valence-corrected chi connectivity index (χ0v) is 20.4. The third kappa shape index (κ3) is 4.29. The van der Waals surface area contributed by atoms with Crippen molar-refractivity contribution in [1.82, 2.24) is 9.80 Å². The summed E-state index contributed by atoms with van der Waals surface area (Å²) in [6.07, 6.45) is 0. The van der Waals surface area contributed by atoms with Crippen molar-refractivity contribution in [3.8, 4) is 0 Å². The molecule has 3 aromatic carbocycles. The smallest absolute Gasteiger partial charge is 0.184 e. The number of hydrogen-bond acceptors (Lipinski definition) is 5. The number of carbonyl (C=O) groups excluding carboxylic acids is 1. The summed E-state index contributed by atoms with van der Waals surface area (Å²) in [6.45, 7) is 2.04. The summed E-state index contributed by atoms with van der Waals surface area (Å²) in [6, 6.07) is 23.8. The predicted octanol–water partition coefficient (Wildman–Crippen LogP) is 4.75. The topological polar surface area (TPSA) is 47.9 Å². The van der Waals surface area contributed by atoms with Crippen LogP contribution in [0.25, 0.3) is 0 Å². The molecule has 0 saturated carbocycles. The average molecular weight is 453 g/mol. The van der Waals surface area contributed by atoms with Crippen LogP contribution in [0.3, 0.4) is 0 Å². The van der Waals surface area contributed by atoms with Crippen LogP contribution in [-0.2, 0) is 13.1 Å². The molecule has 2 aliphatic rings. The van der Waals surface area contributed by atoms with Crippen molar-refractivity contribution in [2.75, 3.05) is 40.1 Å². The molecule has 0 bridgehead atoms. The largest absolute Gasteiger partial charge is 0.377 e. The standard InChI is InChI=1S/C29H32N4O/c1-32(2)17-19-8-12-21(13-9-19)26-28(22-14-10-20(11-15-22)18-33(3)4)31-24-7-5-6-23-25(34)16-30-29(26)27(23)24/h5-15,26,28,31H,16-18H2,1-4H3. The van der Waals surface area contributed by atoms with Gasteiger partial charge >= 0.3 is 0 Å². The van der Waals surface area contributed by atoms with Gasteiger partial charge in [0.25, 0.3) is 0 Å². The number of nitrogens with zero attached hydrogens (tertiary/aromatic N) is 3. The molecule has 34 heavy (non-hydrogen) atoms. The summed E-state index contributed by atoms with van der Waals surface area (Å²) in [7, 11) is 8.34. The van der Waals surface area contributed by atoms with Crippen molar-refractivity contribution in [2.24, 2.45) is 4.99 Å². The number of aliphatic imine (C=N–C) groups is 1. The van der Waals surface area contributed by atoms with Gasteiger partial charge in [0.1, 0.15) is 6.54 Å². The highest BCUT2D eigenvalue weighted by molar-refractivity contribution is 6.21. The monoisotopic (exact) mass is 452 g/mol. The van der Waals surface area contributed by atoms with E-state index in [9.17, 15) is 4.79 Å². The Hall–Kier alpha value is -3.28. The van der Waals surface area contributed by atoms with Gasteiger partial charge in [-0.25, -0.2) is 0 Å². The summed E-state index contributed by atoms with van der Waals surface area (Å²) in [4.78, 5) is 21.9. The molecule has 0 amide bonds. The minimum absolute atomic E-state index is 0.0230. The lowest BCUT2D eigenvalue weighted by molar-refractivity contribution is 0.1000. The first-order valence-electron chi connectivity index (χ1n) is 11.9. The maximum absolute atomic E-state index is 12.6. The fourth-order valence-corrected chi connectivity index (χ4v) is 5.18. The molecule has 1 N–H and O–H groups in total. The first kappa shape index (κ1) is 22.5. The summed E-state index contributed by atoms with van der Waals surface area (Å²) < 4.78 is 0. The van der Waals surface area contributed by atoms with E-state index in [1.807, 2.05) is 12.1 Å². The van der Waals surface area contributed by atoms with E-state index in [0.29, 0.717) is 0 Å². The van der Waals surface area contributed by atoms with Gasteiger partial charge in [0, 0.05) is 29.9 Å². The SMILES string of the molecule is CN(C)Cc1ccc(C2Nc3cccc4c3C(=NCC4=O)C2c2ccc(CN(C)C)cc2)cc1. The second kappa shape index (κ2) is 9.16. The number of nitrogens with one attached hydrogen (secondary N) is 1. The molecule has 5 heteroatoms. The van der Waals surface area contributed by atoms with Gasteiger partial charge in [-0.1, -0.05) is 60.7 Å². The van der Waals surface area contributed by atoms with E-state index < -0.39 is 0 Å². The van der Waals surface area contributed by atoms with Gasteiger partial charge in [-0.2, -0.15) is 0 Å². The molecule has 5 nitrogen and oxygen atoms in total. The van der Waals surface area contributed by atoms with Crippen molar-refractivity contribution in [3.05, 3.63) is 100 Å². The molecule has 0 saturated heterocycles. The van der Waals surface area contributed by atoms with Crippen LogP contribution in [0, 0.1) is 0 Å². The quantitative estimate of drug-likeness (QED) is 0.587. The van der Waals surface area contributed by atoms with Gasteiger partial charge in [-0.05, 0) is 56.5 Å². The van der Waals surface area contributed by atoms with E-state index in [-0.39, 0.29) is 24.3 Å². The van der Waals surface area contributed by atoms with Gasteiger partial charge in [-0.3, -0.25) is 9.79 Å². The fourth-order valence-electron chi connectivity index (χ4n) is 5.18. The molecular weight excluding hydrogens is 420 g/mol. The van der Waals surface area contributed by atoms with E-state index in [4.69, 9.17) is 4.99 Å². The zero-order valence-electron chi connectivity index (χ0n) is 20.4. The van der Waals surface area contributed by atoms with Crippen molar-refractivity contribution >= 4 is 17.2 Å². The van der Waals surface area contributed by atoms with Crippen LogP contribution in [0.2, 0.25) is 0 Å². The molecule has 0 aromatic heterocycles. The number of hydrogen-bond donors (Lipinski definition) is 1. The lowest BCUT2D eigenvalue weighted by Gasteiger charge is -2.38. The van der Waals surface area contributed by atoms with Crippen LogP contribution in [0.15, 0.2) is 71.7 Å². The van der Waals surface area contributed by atoms with Gasteiger partial charge in [0.05, 0.1) is 17.7 Å². The second-order valence-electron chi connectivity index (χ2n) is 9.91. The number of anilines is 1. The maximum Gasteiger partial charge on any atom is 0.184 e. The third-order valence-corrected chi connectivity index (χ3v) is 6.63. The first-order valence-corrected chi connectivity index (χ1v) is 11.9. The van der Waals surface area contributed by atoms with Gasteiger partial charge < -0.3 is 15.1 Å². The molecule has 3 aromatic rings. The number of carbonyl (C=O) groups is 1. The predicted molar refractivity (Wildman–Crippen MR) is 139 cm³/mol. The average Bonchev–Trinajstić information content (AvgIpc) is 2.81. The highest BCUT2D eigenvalue weighted by Gasteiger charge is 2.39. The molecule has 2 aliphatic heterocycles. The van der Waals surface area contributed by atoms with E-state index >= 15 is 0 Å². The van der Waals surface area contributed by atoms with Gasteiger partial charge in [0.15, 0.2) is 5.78 Å². The maximum atomic E-state index is 12.6. The van der Waals surface area contributed by atoms with Crippen molar-refractivity contribution in [2.45, 2.75) is 25.0 Å². The first-order chi connectivity index (χ1) is 16.4. The van der Waals surface area contributed by atoms with Crippen molar-refractivity contribution in [1.29, 1.82) is 0 Å². The summed E-state index contributed by atoms with van der Waals surface area (Å²) >= 11 is 0. The molecule has 0 fully saturated rings. The molecule has 2 heterocycles. The Morgan fingerprint density at radius 3 is 2.00 bits per heavy atom. The fraction of sp³-hybridized carbons (Fsp3) is 0.310. The number of rotatable bonds is 6. The second-order valence-corrected chi connectivity index (χ2v) is 9.91. The zero-order chi connectivity index (χ0) is 23.8. The van der Waals surface area contributed by atoms with E-state index in [2.05, 4.69) is 97.9 Å². The molecule has 5 rings (SSSR count). The van der Waals surface area contributed by atoms with Gasteiger partial charge in [-0.15, -0.1) is 0 Å². The molecule has 2 unspecified atom stereocenters. The molecule has 0 radical (unpaired) electrons. The Morgan fingerprint density at radius 2 is 1.41 bits per heavy atom. The Labute approximate surface area is 202 Å². The lowest BCUT2D eigenvalue weighted by atomic mass is 9.75. The van der Waals surface area contributed by atoms with Crippen LogP contribution < -0.4 is 5.32 Å². The van der Waals surface area contributed by atoms with Crippen LogP contribution in [0.5, 0.6) is 0 Å². The normalized spacial score (nSPS) is 19.1. The number of benzene rings is 3. The molecule has 2 atom stereocenters. The van der Waals surface area contributed by atoms with Crippen LogP contribution >= 0.6 is 0 Å². The molecule has 0 spiro atoms. The van der Waals surface area contributed by atoms with Gasteiger partial charge in [0.2, 0.25) is 0 Å². The number of ketones is 1. The third-order valence-electron chi connectivity index (χ3n) is 6.63. The highest BCUT2D eigenvalue weighted by atomic mass is 16.1. The van der Waals surface area contributed by atoms with Crippen molar-refractivity contribution in [3.63, 3.8) is 0 Å². The Balaban J connectivity index is 1.59. The minimum atomic E-state index is 0.0230. The summed E-state index contributed by atoms with van der Waals surface area (Å²) in [5.74, 6) is 0.115. The molecular formula is C29H32N4O. The minimum Gasteiger partial charge on any atom is -0.377 e.